The van der Waals surface area contributed by atoms with Crippen LogP contribution in [-0.2, 0) is 28.5 Å². The van der Waals surface area contributed by atoms with E-state index in [1.165, 1.54) is 6.92 Å². The van der Waals surface area contributed by atoms with Crippen molar-refractivity contribution in [1.29, 1.82) is 0 Å². The molecular formula is C44H72ClN5O10. The molecule has 2 saturated heterocycles. The number of esters is 1. The van der Waals surface area contributed by atoms with Gasteiger partial charge in [-0.2, -0.15) is 0 Å². The Bertz CT molecular complexity index is 1700. The number of fused-ring (bicyclic) bond motifs is 1. The summed E-state index contributed by atoms with van der Waals surface area (Å²) in [4.78, 5) is 34.8. The van der Waals surface area contributed by atoms with Gasteiger partial charge in [-0.15, -0.1) is 0 Å². The summed E-state index contributed by atoms with van der Waals surface area (Å²) in [5.74, 6) is -2.95. The number of ether oxygens (including phenoxy) is 4. The van der Waals surface area contributed by atoms with Crippen LogP contribution >= 0.6 is 11.6 Å². The van der Waals surface area contributed by atoms with Gasteiger partial charge in [-0.1, -0.05) is 32.4 Å². The van der Waals surface area contributed by atoms with Crippen LogP contribution in [0.2, 0.25) is 5.02 Å². The molecule has 2 aromatic rings. The molecule has 3 heterocycles. The van der Waals surface area contributed by atoms with Crippen molar-refractivity contribution in [3.05, 3.63) is 35.5 Å². The van der Waals surface area contributed by atoms with Gasteiger partial charge in [-0.3, -0.25) is 14.6 Å². The van der Waals surface area contributed by atoms with E-state index in [-0.39, 0.29) is 50.0 Å². The van der Waals surface area contributed by atoms with Gasteiger partial charge in [0.25, 0.3) is 0 Å². The summed E-state index contributed by atoms with van der Waals surface area (Å²) in [6, 6.07) is 6.56. The summed E-state index contributed by atoms with van der Waals surface area (Å²) in [5.41, 5.74) is -1.82. The lowest BCUT2D eigenvalue weighted by Crippen LogP contribution is -2.60. The largest absolute Gasteiger partial charge is 0.459 e. The van der Waals surface area contributed by atoms with E-state index in [9.17, 15) is 30.0 Å². The first-order chi connectivity index (χ1) is 28.1. The number of nitrogens with zero attached hydrogens (tertiary/aromatic N) is 3. The molecule has 2 aliphatic rings. The van der Waals surface area contributed by atoms with Crippen molar-refractivity contribution >= 4 is 40.1 Å². The zero-order chi connectivity index (χ0) is 44.7. The lowest BCUT2D eigenvalue weighted by molar-refractivity contribution is -0.306. The number of halogens is 1. The number of likely N-dealkylation sites (N-methyl/N-ethyl adjacent to an activating group) is 2. The fraction of sp³-hybridized carbons (Fsp3) is 0.750. The Morgan fingerprint density at radius 2 is 1.82 bits per heavy atom. The second kappa shape index (κ2) is 21.6. The fourth-order valence-corrected chi connectivity index (χ4v) is 9.10. The Balaban J connectivity index is 1.50. The van der Waals surface area contributed by atoms with Crippen molar-refractivity contribution in [3.63, 3.8) is 0 Å². The predicted octanol–water partition coefficient (Wildman–Crippen LogP) is 3.82. The molecule has 1 aromatic carbocycles. The van der Waals surface area contributed by atoms with Gasteiger partial charge >= 0.3 is 5.97 Å². The number of pyridine rings is 1. The van der Waals surface area contributed by atoms with Gasteiger partial charge in [0.1, 0.15) is 23.9 Å². The fourth-order valence-electron chi connectivity index (χ4n) is 8.94. The number of hydrogen-bond acceptors (Lipinski definition) is 14. The molecule has 14 atom stereocenters. The molecule has 4 rings (SSSR count). The summed E-state index contributed by atoms with van der Waals surface area (Å²) in [5, 5.41) is 54.7. The lowest BCUT2D eigenvalue weighted by Gasteiger charge is -2.48. The van der Waals surface area contributed by atoms with E-state index in [1.807, 2.05) is 52.0 Å². The van der Waals surface area contributed by atoms with Crippen LogP contribution in [0.4, 0.5) is 5.69 Å². The predicted molar refractivity (Wildman–Crippen MR) is 232 cm³/mol. The Hall–Kier alpha value is -2.70. The SMILES string of the molecule is CC[C@H]1OC(=O)[C@H](C)[C@@H](O)[C@H](C)[C@@H](O[C@@H]2OC(C)C[C@H](N(C)C)[C@H]2OCCCNC(=O)CNc2ccnc3cc(Cl)ccc23)[C@](C)(O)C[C@@H](C)CN(C)[C@H](C)[C@@H](O)[C@]1(C)O. The quantitative estimate of drug-likeness (QED) is 0.133. The van der Waals surface area contributed by atoms with E-state index >= 15 is 0 Å². The van der Waals surface area contributed by atoms with Crippen LogP contribution in [0.3, 0.4) is 0 Å². The standard InChI is InChI=1S/C44H72ClN5O10/c1-12-35-44(8,56)39(53)29(6)50(11)24-25(2)22-43(7,55)40(27(4)37(52)28(5)41(54)59-35)60-42-38(34(49(9)10)20-26(3)58-42)57-19-13-17-47-36(51)23-48-32-16-18-46-33-21-30(45)14-15-31(32)33/h14-16,18,21,25-29,34-35,37-40,42,52-53,55-56H,12-13,17,19-20,22-24H2,1-11H3,(H,46,48)(H,47,51)/t25-,26?,27+,28-,29-,34+,35-,37+,38-,39-,40-,42+,43-,44-/m1/s1. The maximum atomic E-state index is 13.6. The van der Waals surface area contributed by atoms with Gasteiger partial charge in [-0.25, -0.2) is 0 Å². The normalized spacial score (nSPS) is 36.6. The lowest BCUT2D eigenvalue weighted by atomic mass is 9.78. The van der Waals surface area contributed by atoms with Crippen LogP contribution < -0.4 is 10.6 Å². The number of carbonyl (C=O) groups excluding carboxylic acids is 2. The van der Waals surface area contributed by atoms with Crippen molar-refractivity contribution in [2.24, 2.45) is 17.8 Å². The maximum Gasteiger partial charge on any atom is 0.311 e. The van der Waals surface area contributed by atoms with E-state index in [0.717, 1.165) is 16.6 Å². The van der Waals surface area contributed by atoms with Crippen molar-refractivity contribution < 1.29 is 49.0 Å². The Labute approximate surface area is 361 Å². The van der Waals surface area contributed by atoms with Gasteiger partial charge in [0.05, 0.1) is 41.9 Å². The molecule has 60 heavy (non-hydrogen) atoms. The highest BCUT2D eigenvalue weighted by molar-refractivity contribution is 6.31. The van der Waals surface area contributed by atoms with E-state index in [0.29, 0.717) is 31.0 Å². The summed E-state index contributed by atoms with van der Waals surface area (Å²) >= 11 is 6.12. The summed E-state index contributed by atoms with van der Waals surface area (Å²) in [6.45, 7) is 15.1. The summed E-state index contributed by atoms with van der Waals surface area (Å²) in [6.07, 6.45) is -3.22. The third-order valence-corrected chi connectivity index (χ3v) is 12.8. The third-order valence-electron chi connectivity index (χ3n) is 12.5. The van der Waals surface area contributed by atoms with Crippen LogP contribution in [0.1, 0.15) is 81.1 Å². The minimum Gasteiger partial charge on any atom is -0.459 e. The summed E-state index contributed by atoms with van der Waals surface area (Å²) < 4.78 is 25.6. The minimum absolute atomic E-state index is 0.0626. The van der Waals surface area contributed by atoms with E-state index in [1.54, 1.807) is 52.9 Å². The number of anilines is 1. The zero-order valence-electron chi connectivity index (χ0n) is 37.4. The number of nitrogens with one attached hydrogen (secondary N) is 2. The third kappa shape index (κ3) is 12.5. The zero-order valence-corrected chi connectivity index (χ0v) is 38.2. The number of carbonyl (C=O) groups is 2. The number of aliphatic hydroxyl groups excluding tert-OH is 2. The molecule has 340 valence electrons. The van der Waals surface area contributed by atoms with Gasteiger partial charge < -0.3 is 59.8 Å². The molecule has 1 unspecified atom stereocenters. The number of benzene rings is 1. The van der Waals surface area contributed by atoms with E-state index in [4.69, 9.17) is 30.5 Å². The second-order valence-electron chi connectivity index (χ2n) is 18.0. The molecule has 0 spiro atoms. The molecule has 6 N–H and O–H groups in total. The van der Waals surface area contributed by atoms with Gasteiger partial charge in [0.15, 0.2) is 6.29 Å². The average molecular weight is 867 g/mol. The van der Waals surface area contributed by atoms with Gasteiger partial charge in [0.2, 0.25) is 5.91 Å². The molecular weight excluding hydrogens is 794 g/mol. The smallest absolute Gasteiger partial charge is 0.311 e. The van der Waals surface area contributed by atoms with Crippen molar-refractivity contribution in [3.8, 4) is 0 Å². The number of aromatic nitrogens is 1. The molecule has 0 aliphatic carbocycles. The molecule has 15 nitrogen and oxygen atoms in total. The Morgan fingerprint density at radius 3 is 2.48 bits per heavy atom. The molecule has 1 aromatic heterocycles. The summed E-state index contributed by atoms with van der Waals surface area (Å²) in [7, 11) is 5.76. The first-order valence-electron chi connectivity index (χ1n) is 21.4. The average Bonchev–Trinajstić information content (AvgIpc) is 3.18. The van der Waals surface area contributed by atoms with Crippen LogP contribution in [-0.4, -0.2) is 161 Å². The van der Waals surface area contributed by atoms with Crippen molar-refractivity contribution in [2.75, 3.05) is 52.7 Å². The van der Waals surface area contributed by atoms with Crippen LogP contribution in [0.25, 0.3) is 10.9 Å². The topological polar surface area (TPSA) is 195 Å². The highest BCUT2D eigenvalue weighted by Crippen LogP contribution is 2.37. The Kier molecular flexibility index (Phi) is 18.0. The highest BCUT2D eigenvalue weighted by atomic mass is 35.5. The number of amides is 1. The number of cyclic esters (lactones) is 1. The van der Waals surface area contributed by atoms with E-state index in [2.05, 4.69) is 20.5 Å². The molecule has 0 radical (unpaired) electrons. The number of hydrogen-bond donors (Lipinski definition) is 6. The Morgan fingerprint density at radius 1 is 1.12 bits per heavy atom. The van der Waals surface area contributed by atoms with Crippen LogP contribution in [0.5, 0.6) is 0 Å². The van der Waals surface area contributed by atoms with Gasteiger partial charge in [0, 0.05) is 60.0 Å². The van der Waals surface area contributed by atoms with Crippen molar-refractivity contribution in [2.45, 2.75) is 147 Å². The van der Waals surface area contributed by atoms with Gasteiger partial charge in [-0.05, 0) is 112 Å². The molecule has 0 saturated carbocycles. The maximum absolute atomic E-state index is 13.6. The highest BCUT2D eigenvalue weighted by Gasteiger charge is 2.50. The number of aliphatic hydroxyl groups is 4. The first-order valence-corrected chi connectivity index (χ1v) is 21.8. The molecule has 16 heteroatoms. The molecule has 2 aliphatic heterocycles. The van der Waals surface area contributed by atoms with E-state index < -0.39 is 71.9 Å². The molecule has 2 fully saturated rings. The first kappa shape index (κ1) is 50.0. The van der Waals surface area contributed by atoms with Crippen LogP contribution in [0.15, 0.2) is 30.5 Å². The monoisotopic (exact) mass is 865 g/mol. The van der Waals surface area contributed by atoms with Crippen LogP contribution in [0, 0.1) is 17.8 Å². The molecule has 0 bridgehead atoms. The molecule has 1 amide bonds. The minimum atomic E-state index is -1.78. The van der Waals surface area contributed by atoms with Crippen molar-refractivity contribution in [1.82, 2.24) is 20.1 Å². The second-order valence-corrected chi connectivity index (χ2v) is 18.5. The number of rotatable bonds is 12.